The van der Waals surface area contributed by atoms with Gasteiger partial charge in [-0.2, -0.15) is 4.68 Å². The number of nitrogens with one attached hydrogen (secondary N) is 2. The van der Waals surface area contributed by atoms with Crippen molar-refractivity contribution in [1.82, 2.24) is 25.5 Å². The van der Waals surface area contributed by atoms with Crippen LogP contribution in [0.3, 0.4) is 0 Å². The molecular formula is C20H24N6O. The van der Waals surface area contributed by atoms with Gasteiger partial charge >= 0.3 is 6.03 Å². The van der Waals surface area contributed by atoms with Crippen molar-refractivity contribution < 1.29 is 4.79 Å². The molecule has 7 nitrogen and oxygen atoms in total. The topological polar surface area (TPSA) is 84.7 Å². The van der Waals surface area contributed by atoms with E-state index in [1.165, 1.54) is 11.0 Å². The number of urea groups is 1. The second kappa shape index (κ2) is 7.99. The Morgan fingerprint density at radius 3 is 2.44 bits per heavy atom. The SMILES string of the molecule is CC(C)(C)C[C@@H](NC(=O)Nc1ccccc1-n1cnnn1)c1ccccc1. The van der Waals surface area contributed by atoms with Gasteiger partial charge in [-0.25, -0.2) is 4.79 Å². The van der Waals surface area contributed by atoms with Crippen LogP contribution in [0.15, 0.2) is 60.9 Å². The zero-order valence-electron chi connectivity index (χ0n) is 15.8. The zero-order valence-corrected chi connectivity index (χ0v) is 15.8. The molecule has 0 aliphatic rings. The van der Waals surface area contributed by atoms with Gasteiger partial charge in [0, 0.05) is 0 Å². The molecule has 140 valence electrons. The predicted molar refractivity (Wildman–Crippen MR) is 105 cm³/mol. The lowest BCUT2D eigenvalue weighted by atomic mass is 9.85. The van der Waals surface area contributed by atoms with E-state index in [0.29, 0.717) is 11.4 Å². The summed E-state index contributed by atoms with van der Waals surface area (Å²) in [5, 5.41) is 17.2. The second-order valence-electron chi connectivity index (χ2n) is 7.60. The Morgan fingerprint density at radius 1 is 1.07 bits per heavy atom. The fourth-order valence-electron chi connectivity index (χ4n) is 2.92. The first-order chi connectivity index (χ1) is 12.9. The number of amides is 2. The number of carbonyl (C=O) groups excluding carboxylic acids is 1. The molecule has 1 heterocycles. The van der Waals surface area contributed by atoms with Gasteiger partial charge < -0.3 is 10.6 Å². The smallest absolute Gasteiger partial charge is 0.319 e. The molecule has 0 aliphatic carbocycles. The summed E-state index contributed by atoms with van der Waals surface area (Å²) in [7, 11) is 0. The highest BCUT2D eigenvalue weighted by Gasteiger charge is 2.22. The maximum atomic E-state index is 12.7. The van der Waals surface area contributed by atoms with Gasteiger partial charge in [0.1, 0.15) is 6.33 Å². The van der Waals surface area contributed by atoms with Crippen LogP contribution in [-0.4, -0.2) is 26.2 Å². The Hall–Kier alpha value is -3.22. The van der Waals surface area contributed by atoms with E-state index in [4.69, 9.17) is 0 Å². The number of nitrogens with zero attached hydrogens (tertiary/aromatic N) is 4. The summed E-state index contributed by atoms with van der Waals surface area (Å²) in [4.78, 5) is 12.7. The van der Waals surface area contributed by atoms with Crippen LogP contribution in [0, 0.1) is 5.41 Å². The molecule has 2 amide bonds. The number of tetrazole rings is 1. The maximum absolute atomic E-state index is 12.7. The first-order valence-electron chi connectivity index (χ1n) is 8.87. The van der Waals surface area contributed by atoms with E-state index in [1.54, 1.807) is 0 Å². The van der Waals surface area contributed by atoms with E-state index in [-0.39, 0.29) is 17.5 Å². The standard InChI is InChI=1S/C20H24N6O/c1-20(2,3)13-17(15-9-5-4-6-10-15)23-19(27)22-16-11-7-8-12-18(16)26-14-21-24-25-26/h4-12,14,17H,13H2,1-3H3,(H2,22,23,27)/t17-/m1/s1. The fraction of sp³-hybridized carbons (Fsp3) is 0.300. The van der Waals surface area contributed by atoms with Gasteiger partial charge in [0.25, 0.3) is 0 Å². The Kier molecular flexibility index (Phi) is 5.49. The molecule has 1 aromatic heterocycles. The van der Waals surface area contributed by atoms with Crippen LogP contribution in [0.2, 0.25) is 0 Å². The lowest BCUT2D eigenvalue weighted by Crippen LogP contribution is -2.34. The van der Waals surface area contributed by atoms with Gasteiger partial charge in [0.05, 0.1) is 17.4 Å². The summed E-state index contributed by atoms with van der Waals surface area (Å²) in [6.45, 7) is 6.49. The predicted octanol–water partition coefficient (Wildman–Crippen LogP) is 3.96. The molecule has 7 heteroatoms. The van der Waals surface area contributed by atoms with Crippen LogP contribution < -0.4 is 10.6 Å². The summed E-state index contributed by atoms with van der Waals surface area (Å²) >= 11 is 0. The molecule has 1 atom stereocenters. The molecule has 2 N–H and O–H groups in total. The van der Waals surface area contributed by atoms with Crippen LogP contribution in [0.25, 0.3) is 5.69 Å². The molecule has 0 fully saturated rings. The van der Waals surface area contributed by atoms with Crippen molar-refractivity contribution in [3.8, 4) is 5.69 Å². The number of hydrogen-bond acceptors (Lipinski definition) is 4. The first kappa shape index (κ1) is 18.6. The normalized spacial score (nSPS) is 12.4. The monoisotopic (exact) mass is 364 g/mol. The van der Waals surface area contributed by atoms with Crippen LogP contribution in [0.1, 0.15) is 38.8 Å². The molecular weight excluding hydrogens is 340 g/mol. The molecule has 3 rings (SSSR count). The van der Waals surface area contributed by atoms with E-state index < -0.39 is 0 Å². The summed E-state index contributed by atoms with van der Waals surface area (Å²) in [6.07, 6.45) is 2.31. The fourth-order valence-corrected chi connectivity index (χ4v) is 2.92. The minimum Gasteiger partial charge on any atom is -0.331 e. The highest BCUT2D eigenvalue weighted by molar-refractivity contribution is 5.91. The summed E-state index contributed by atoms with van der Waals surface area (Å²) in [5.41, 5.74) is 2.48. The van der Waals surface area contributed by atoms with Crippen molar-refractivity contribution in [3.05, 3.63) is 66.5 Å². The number of para-hydroxylation sites is 2. The van der Waals surface area contributed by atoms with Crippen LogP contribution in [0.4, 0.5) is 10.5 Å². The Morgan fingerprint density at radius 2 is 1.78 bits per heavy atom. The molecule has 3 aromatic rings. The van der Waals surface area contributed by atoms with Crippen LogP contribution >= 0.6 is 0 Å². The summed E-state index contributed by atoms with van der Waals surface area (Å²) in [6, 6.07) is 17.0. The molecule has 2 aromatic carbocycles. The van der Waals surface area contributed by atoms with Crippen molar-refractivity contribution in [2.45, 2.75) is 33.2 Å². The van der Waals surface area contributed by atoms with E-state index >= 15 is 0 Å². The Bertz CT molecular complexity index is 871. The number of benzene rings is 2. The average Bonchev–Trinajstić information content (AvgIpc) is 3.16. The number of rotatable bonds is 5. The first-order valence-corrected chi connectivity index (χ1v) is 8.87. The molecule has 0 saturated heterocycles. The quantitative estimate of drug-likeness (QED) is 0.717. The number of aromatic nitrogens is 4. The van der Waals surface area contributed by atoms with Crippen LogP contribution in [-0.2, 0) is 0 Å². The molecule has 0 bridgehead atoms. The molecule has 0 saturated carbocycles. The van der Waals surface area contributed by atoms with E-state index in [1.807, 2.05) is 54.6 Å². The van der Waals surface area contributed by atoms with Gasteiger partial charge in [-0.15, -0.1) is 5.10 Å². The van der Waals surface area contributed by atoms with Crippen molar-refractivity contribution in [1.29, 1.82) is 0 Å². The largest absolute Gasteiger partial charge is 0.331 e. The lowest BCUT2D eigenvalue weighted by Gasteiger charge is -2.27. The molecule has 0 aliphatic heterocycles. The second-order valence-corrected chi connectivity index (χ2v) is 7.60. The lowest BCUT2D eigenvalue weighted by molar-refractivity contribution is 0.241. The molecule has 27 heavy (non-hydrogen) atoms. The zero-order chi connectivity index (χ0) is 19.3. The summed E-state index contributed by atoms with van der Waals surface area (Å²) in [5.74, 6) is 0. The van der Waals surface area contributed by atoms with Gasteiger partial charge in [0.2, 0.25) is 0 Å². The van der Waals surface area contributed by atoms with E-state index in [0.717, 1.165) is 12.0 Å². The van der Waals surface area contributed by atoms with E-state index in [2.05, 4.69) is 46.9 Å². The van der Waals surface area contributed by atoms with Crippen molar-refractivity contribution >= 4 is 11.7 Å². The third-order valence-corrected chi connectivity index (χ3v) is 4.07. The molecule has 0 radical (unpaired) electrons. The van der Waals surface area contributed by atoms with Crippen molar-refractivity contribution in [2.75, 3.05) is 5.32 Å². The molecule has 0 spiro atoms. The Labute approximate surface area is 158 Å². The number of anilines is 1. The van der Waals surface area contributed by atoms with Crippen molar-refractivity contribution in [3.63, 3.8) is 0 Å². The highest BCUT2D eigenvalue weighted by Crippen LogP contribution is 2.29. The average molecular weight is 364 g/mol. The van der Waals surface area contributed by atoms with Gasteiger partial charge in [-0.3, -0.25) is 0 Å². The van der Waals surface area contributed by atoms with Crippen LogP contribution in [0.5, 0.6) is 0 Å². The third-order valence-electron chi connectivity index (χ3n) is 4.07. The van der Waals surface area contributed by atoms with E-state index in [9.17, 15) is 4.79 Å². The number of hydrogen-bond donors (Lipinski definition) is 2. The van der Waals surface area contributed by atoms with Crippen molar-refractivity contribution in [2.24, 2.45) is 5.41 Å². The van der Waals surface area contributed by atoms with Gasteiger partial charge in [-0.05, 0) is 40.0 Å². The van der Waals surface area contributed by atoms with Gasteiger partial charge in [0.15, 0.2) is 0 Å². The minimum atomic E-state index is -0.270. The highest BCUT2D eigenvalue weighted by atomic mass is 16.2. The number of carbonyl (C=O) groups is 1. The molecule has 0 unspecified atom stereocenters. The third kappa shape index (κ3) is 5.13. The summed E-state index contributed by atoms with van der Waals surface area (Å²) < 4.78 is 1.51. The van der Waals surface area contributed by atoms with Gasteiger partial charge in [-0.1, -0.05) is 63.2 Å². The maximum Gasteiger partial charge on any atom is 0.319 e. The Balaban J connectivity index is 1.77. The minimum absolute atomic E-state index is 0.0676.